The minimum absolute atomic E-state index is 0.467. The van der Waals surface area contributed by atoms with E-state index in [1.165, 1.54) is 12.8 Å². The normalized spacial score (nSPS) is 25.1. The van der Waals surface area contributed by atoms with Crippen LogP contribution in [0.5, 0.6) is 0 Å². The minimum atomic E-state index is 0.467. The molecule has 0 bridgehead atoms. The molecule has 2 nitrogen and oxygen atoms in total. The lowest BCUT2D eigenvalue weighted by Crippen LogP contribution is -2.09. The maximum absolute atomic E-state index is 7.75. The third kappa shape index (κ3) is 1.51. The number of hydrogen-bond acceptors (Lipinski definition) is 3. The molecule has 0 aromatic carbocycles. The Labute approximate surface area is 78.1 Å². The van der Waals surface area contributed by atoms with Crippen molar-refractivity contribution >= 4 is 18.3 Å². The summed E-state index contributed by atoms with van der Waals surface area (Å²) in [7, 11) is 0. The average molecular weight is 182 g/mol. The molecule has 0 aromatic heterocycles. The van der Waals surface area contributed by atoms with Gasteiger partial charge in [0, 0.05) is 22.2 Å². The first-order valence-electron chi connectivity index (χ1n) is 4.47. The fourth-order valence-corrected chi connectivity index (χ4v) is 1.67. The van der Waals surface area contributed by atoms with Gasteiger partial charge in [0.2, 0.25) is 0 Å². The molecular weight excluding hydrogens is 168 g/mol. The lowest BCUT2D eigenvalue weighted by atomic mass is 10.1. The Bertz CT molecular complexity index is 249. The molecule has 0 unspecified atom stereocenters. The van der Waals surface area contributed by atoms with Crippen LogP contribution in [0.4, 0.5) is 0 Å². The van der Waals surface area contributed by atoms with E-state index < -0.39 is 0 Å². The second kappa shape index (κ2) is 2.80. The number of nitrogens with two attached hydrogens (primary N) is 1. The Kier molecular flexibility index (Phi) is 1.91. The third-order valence-corrected chi connectivity index (χ3v) is 3.03. The van der Waals surface area contributed by atoms with Crippen molar-refractivity contribution in [3.8, 4) is 0 Å². The van der Waals surface area contributed by atoms with Crippen LogP contribution in [-0.4, -0.2) is 5.71 Å². The number of allylic oxidation sites excluding steroid dienone is 2. The van der Waals surface area contributed by atoms with Crippen molar-refractivity contribution in [3.63, 3.8) is 0 Å². The predicted molar refractivity (Wildman–Crippen MR) is 53.4 cm³/mol. The van der Waals surface area contributed by atoms with Gasteiger partial charge in [0.05, 0.1) is 0 Å². The van der Waals surface area contributed by atoms with E-state index in [2.05, 4.69) is 12.6 Å². The van der Waals surface area contributed by atoms with Gasteiger partial charge in [-0.25, -0.2) is 0 Å². The van der Waals surface area contributed by atoms with Crippen LogP contribution in [0.15, 0.2) is 10.6 Å². The van der Waals surface area contributed by atoms with E-state index in [9.17, 15) is 0 Å². The van der Waals surface area contributed by atoms with Gasteiger partial charge in [-0.15, -0.1) is 12.6 Å². The highest BCUT2D eigenvalue weighted by molar-refractivity contribution is 7.85. The molecule has 0 saturated heterocycles. The van der Waals surface area contributed by atoms with Crippen molar-refractivity contribution in [3.05, 3.63) is 10.6 Å². The van der Waals surface area contributed by atoms with Gasteiger partial charge in [-0.05, 0) is 31.6 Å². The SMILES string of the molecule is N=C(/C(S)=C(\N)C1CC1)C1CC1. The van der Waals surface area contributed by atoms with Crippen molar-refractivity contribution in [2.24, 2.45) is 17.6 Å². The summed E-state index contributed by atoms with van der Waals surface area (Å²) < 4.78 is 0. The van der Waals surface area contributed by atoms with Crippen LogP contribution in [0.1, 0.15) is 25.7 Å². The molecule has 2 aliphatic carbocycles. The Balaban J connectivity index is 2.08. The Hall–Kier alpha value is -0.440. The number of thiol groups is 1. The van der Waals surface area contributed by atoms with Gasteiger partial charge in [0.25, 0.3) is 0 Å². The summed E-state index contributed by atoms with van der Waals surface area (Å²) in [6, 6.07) is 0. The first-order chi connectivity index (χ1) is 5.70. The number of nitrogens with one attached hydrogen (secondary N) is 1. The molecule has 3 N–H and O–H groups in total. The quantitative estimate of drug-likeness (QED) is 0.453. The van der Waals surface area contributed by atoms with Crippen molar-refractivity contribution in [1.29, 1.82) is 5.41 Å². The molecular formula is C9H14N2S. The van der Waals surface area contributed by atoms with E-state index in [0.29, 0.717) is 17.5 Å². The second-order valence-corrected chi connectivity index (χ2v) is 4.21. The summed E-state index contributed by atoms with van der Waals surface area (Å²) in [4.78, 5) is 0.764. The van der Waals surface area contributed by atoms with E-state index in [-0.39, 0.29) is 0 Å². The van der Waals surface area contributed by atoms with Crippen molar-refractivity contribution < 1.29 is 0 Å². The predicted octanol–water partition coefficient (Wildman–Crippen LogP) is 1.93. The molecule has 0 spiro atoms. The van der Waals surface area contributed by atoms with E-state index >= 15 is 0 Å². The van der Waals surface area contributed by atoms with Gasteiger partial charge in [-0.2, -0.15) is 0 Å². The lowest BCUT2D eigenvalue weighted by Gasteiger charge is -2.05. The van der Waals surface area contributed by atoms with Crippen molar-refractivity contribution in [1.82, 2.24) is 0 Å². The van der Waals surface area contributed by atoms with Crippen molar-refractivity contribution in [2.75, 3.05) is 0 Å². The third-order valence-electron chi connectivity index (χ3n) is 2.53. The molecule has 66 valence electrons. The summed E-state index contributed by atoms with van der Waals surface area (Å²) >= 11 is 4.31. The zero-order chi connectivity index (χ0) is 8.72. The van der Waals surface area contributed by atoms with Crippen LogP contribution in [0.25, 0.3) is 0 Å². The van der Waals surface area contributed by atoms with Gasteiger partial charge < -0.3 is 11.1 Å². The van der Waals surface area contributed by atoms with Gasteiger partial charge in [-0.1, -0.05) is 0 Å². The van der Waals surface area contributed by atoms with E-state index in [4.69, 9.17) is 11.1 Å². The highest BCUT2D eigenvalue weighted by Crippen LogP contribution is 2.39. The Morgan fingerprint density at radius 3 is 2.08 bits per heavy atom. The molecule has 0 heterocycles. The monoisotopic (exact) mass is 182 g/mol. The van der Waals surface area contributed by atoms with Gasteiger partial charge in [0.1, 0.15) is 0 Å². The second-order valence-electron chi connectivity index (χ2n) is 3.77. The molecule has 2 aliphatic rings. The zero-order valence-electron chi connectivity index (χ0n) is 7.01. The molecule has 12 heavy (non-hydrogen) atoms. The molecule has 3 heteroatoms. The van der Waals surface area contributed by atoms with Crippen molar-refractivity contribution in [2.45, 2.75) is 25.7 Å². The topological polar surface area (TPSA) is 49.9 Å². The molecule has 2 saturated carbocycles. The average Bonchev–Trinajstić information content (AvgIpc) is 2.90. The van der Waals surface area contributed by atoms with E-state index in [1.54, 1.807) is 0 Å². The van der Waals surface area contributed by atoms with Gasteiger partial charge >= 0.3 is 0 Å². The largest absolute Gasteiger partial charge is 0.401 e. The van der Waals surface area contributed by atoms with Gasteiger partial charge in [-0.3, -0.25) is 0 Å². The highest BCUT2D eigenvalue weighted by atomic mass is 32.1. The standard InChI is InChI=1S/C9H14N2S/c10-7(5-1-2-5)9(12)8(11)6-3-4-6/h5-6,10,12H,1-4,11H2/b9-8+,10-7?. The van der Waals surface area contributed by atoms with Crippen LogP contribution in [0, 0.1) is 17.2 Å². The van der Waals surface area contributed by atoms with Crippen LogP contribution in [0.3, 0.4) is 0 Å². The summed E-state index contributed by atoms with van der Waals surface area (Å²) in [5.41, 5.74) is 7.38. The molecule has 0 radical (unpaired) electrons. The van der Waals surface area contributed by atoms with Crippen LogP contribution in [-0.2, 0) is 0 Å². The first-order valence-corrected chi connectivity index (χ1v) is 4.92. The maximum atomic E-state index is 7.75. The van der Waals surface area contributed by atoms with Crippen LogP contribution < -0.4 is 5.73 Å². The number of hydrogen-bond donors (Lipinski definition) is 3. The number of rotatable bonds is 3. The van der Waals surface area contributed by atoms with Gasteiger partial charge in [0.15, 0.2) is 0 Å². The Morgan fingerprint density at radius 2 is 1.67 bits per heavy atom. The fourth-order valence-electron chi connectivity index (χ4n) is 1.31. The van der Waals surface area contributed by atoms with E-state index in [0.717, 1.165) is 23.4 Å². The molecule has 0 aromatic rings. The summed E-state index contributed by atoms with van der Waals surface area (Å²) in [5, 5.41) is 7.75. The zero-order valence-corrected chi connectivity index (χ0v) is 7.90. The highest BCUT2D eigenvalue weighted by Gasteiger charge is 2.32. The maximum Gasteiger partial charge on any atom is 0.0495 e. The summed E-state index contributed by atoms with van der Waals surface area (Å²) in [6.45, 7) is 0. The smallest absolute Gasteiger partial charge is 0.0495 e. The molecule has 0 atom stereocenters. The fraction of sp³-hybridized carbons (Fsp3) is 0.667. The summed E-state index contributed by atoms with van der Waals surface area (Å²) in [5.74, 6) is 1.01. The lowest BCUT2D eigenvalue weighted by molar-refractivity contribution is 0.974. The van der Waals surface area contributed by atoms with E-state index in [1.807, 2.05) is 0 Å². The minimum Gasteiger partial charge on any atom is -0.401 e. The summed E-state index contributed by atoms with van der Waals surface area (Å²) in [6.07, 6.45) is 4.68. The molecule has 2 rings (SSSR count). The first kappa shape index (κ1) is 8.17. The van der Waals surface area contributed by atoms with Crippen LogP contribution in [0.2, 0.25) is 0 Å². The molecule has 0 amide bonds. The van der Waals surface area contributed by atoms with Crippen LogP contribution >= 0.6 is 12.6 Å². The molecule has 0 aliphatic heterocycles. The molecule has 2 fully saturated rings. The Morgan fingerprint density at radius 1 is 1.17 bits per heavy atom.